The van der Waals surface area contributed by atoms with Crippen LogP contribution in [0, 0.1) is 0 Å². The molecule has 5 nitrogen and oxygen atoms in total. The Balaban J connectivity index is 2.95. The Kier molecular flexibility index (Phi) is 6.14. The zero-order chi connectivity index (χ0) is 16.1. The van der Waals surface area contributed by atoms with E-state index < -0.39 is 19.2 Å². The van der Waals surface area contributed by atoms with Gasteiger partial charge >= 0.3 is 13.6 Å². The molecule has 0 aliphatic rings. The molecule has 0 saturated carbocycles. The van der Waals surface area contributed by atoms with E-state index in [9.17, 15) is 9.36 Å². The van der Waals surface area contributed by atoms with E-state index >= 15 is 0 Å². The van der Waals surface area contributed by atoms with Crippen LogP contribution in [0.1, 0.15) is 45.0 Å². The van der Waals surface area contributed by atoms with Crippen molar-refractivity contribution in [2.45, 2.75) is 40.2 Å². The van der Waals surface area contributed by atoms with E-state index in [0.717, 1.165) is 0 Å². The van der Waals surface area contributed by atoms with Gasteiger partial charge in [0, 0.05) is 0 Å². The molecule has 0 aliphatic carbocycles. The van der Waals surface area contributed by atoms with Crippen molar-refractivity contribution in [1.82, 2.24) is 0 Å². The molecule has 0 heterocycles. The summed E-state index contributed by atoms with van der Waals surface area (Å²) in [6.07, 6.45) is 0. The monoisotopic (exact) mass is 314 g/mol. The van der Waals surface area contributed by atoms with Crippen molar-refractivity contribution >= 4 is 18.9 Å². The van der Waals surface area contributed by atoms with Crippen LogP contribution in [0.4, 0.5) is 0 Å². The van der Waals surface area contributed by atoms with Gasteiger partial charge in [0.15, 0.2) is 0 Å². The Bertz CT molecular complexity index is 506. The molecule has 0 aromatic heterocycles. The van der Waals surface area contributed by atoms with Crippen LogP contribution < -0.4 is 5.30 Å². The van der Waals surface area contributed by atoms with Gasteiger partial charge in [0.05, 0.1) is 24.1 Å². The average Bonchev–Trinajstić information content (AvgIpc) is 2.37. The van der Waals surface area contributed by atoms with Gasteiger partial charge in [-0.15, -0.1) is 0 Å². The Morgan fingerprint density at radius 1 is 1.05 bits per heavy atom. The van der Waals surface area contributed by atoms with Crippen molar-refractivity contribution in [3.8, 4) is 0 Å². The van der Waals surface area contributed by atoms with Gasteiger partial charge in [-0.3, -0.25) is 4.57 Å². The maximum atomic E-state index is 12.6. The van der Waals surface area contributed by atoms with Gasteiger partial charge in [-0.1, -0.05) is 0 Å². The fraction of sp³-hybridized carbons (Fsp3) is 0.533. The summed E-state index contributed by atoms with van der Waals surface area (Å²) in [4.78, 5) is 11.9. The molecular formula is C15H23O5P. The van der Waals surface area contributed by atoms with Crippen LogP contribution in [0.3, 0.4) is 0 Å². The summed E-state index contributed by atoms with van der Waals surface area (Å²) in [5.41, 5.74) is -0.157. The van der Waals surface area contributed by atoms with Crippen LogP contribution in [0.2, 0.25) is 0 Å². The normalized spacial score (nSPS) is 12.2. The van der Waals surface area contributed by atoms with Crippen molar-refractivity contribution in [3.63, 3.8) is 0 Å². The lowest BCUT2D eigenvalue weighted by molar-refractivity contribution is 0.00695. The Morgan fingerprint density at radius 3 is 1.90 bits per heavy atom. The molecule has 1 rings (SSSR count). The molecule has 0 unspecified atom stereocenters. The van der Waals surface area contributed by atoms with Crippen LogP contribution in [-0.2, 0) is 18.3 Å². The second kappa shape index (κ2) is 7.21. The average molecular weight is 314 g/mol. The second-order valence-electron chi connectivity index (χ2n) is 5.38. The predicted molar refractivity (Wildman–Crippen MR) is 82.1 cm³/mol. The van der Waals surface area contributed by atoms with Crippen molar-refractivity contribution < 1.29 is 23.1 Å². The number of hydrogen-bond donors (Lipinski definition) is 0. The molecule has 0 amide bonds. The Hall–Kier alpha value is -1.16. The van der Waals surface area contributed by atoms with E-state index in [-0.39, 0.29) is 13.2 Å². The van der Waals surface area contributed by atoms with Gasteiger partial charge in [0.1, 0.15) is 5.60 Å². The topological polar surface area (TPSA) is 61.8 Å². The van der Waals surface area contributed by atoms with E-state index in [4.69, 9.17) is 13.8 Å². The first-order chi connectivity index (χ1) is 9.72. The maximum Gasteiger partial charge on any atom is 0.361 e. The van der Waals surface area contributed by atoms with E-state index in [1.54, 1.807) is 58.9 Å². The lowest BCUT2D eigenvalue weighted by Crippen LogP contribution is -2.24. The highest BCUT2D eigenvalue weighted by molar-refractivity contribution is 7.62. The number of rotatable bonds is 6. The quantitative estimate of drug-likeness (QED) is 0.594. The van der Waals surface area contributed by atoms with Crippen LogP contribution in [0.15, 0.2) is 24.3 Å². The molecule has 0 aliphatic heterocycles. The molecule has 0 spiro atoms. The van der Waals surface area contributed by atoms with Gasteiger partial charge in [0.2, 0.25) is 0 Å². The summed E-state index contributed by atoms with van der Waals surface area (Å²) >= 11 is 0. The lowest BCUT2D eigenvalue weighted by Gasteiger charge is -2.20. The first-order valence-corrected chi connectivity index (χ1v) is 8.49. The summed E-state index contributed by atoms with van der Waals surface area (Å²) in [5, 5.41) is 0.429. The van der Waals surface area contributed by atoms with Crippen molar-refractivity contribution in [2.75, 3.05) is 13.2 Å². The zero-order valence-corrected chi connectivity index (χ0v) is 14.1. The van der Waals surface area contributed by atoms with E-state index in [1.807, 2.05) is 0 Å². The SMILES string of the molecule is CCOP(=O)(OCC)c1ccc(C(=O)OC(C)(C)C)cc1. The Labute approximate surface area is 126 Å². The largest absolute Gasteiger partial charge is 0.456 e. The molecular weight excluding hydrogens is 291 g/mol. The summed E-state index contributed by atoms with van der Waals surface area (Å²) in [7, 11) is -3.31. The number of benzene rings is 1. The molecule has 0 atom stereocenters. The summed E-state index contributed by atoms with van der Waals surface area (Å²) in [6, 6.07) is 6.28. The number of ether oxygens (including phenoxy) is 1. The van der Waals surface area contributed by atoms with E-state index in [0.29, 0.717) is 10.9 Å². The number of carbonyl (C=O) groups is 1. The maximum absolute atomic E-state index is 12.6. The standard InChI is InChI=1S/C15H23O5P/c1-6-18-21(17,19-7-2)13-10-8-12(9-11-13)14(16)20-15(3,4)5/h8-11H,6-7H2,1-5H3. The van der Waals surface area contributed by atoms with Crippen molar-refractivity contribution in [3.05, 3.63) is 29.8 Å². The van der Waals surface area contributed by atoms with E-state index in [1.165, 1.54) is 0 Å². The molecule has 0 N–H and O–H groups in total. The summed E-state index contributed by atoms with van der Waals surface area (Å²) in [6.45, 7) is 9.48. The summed E-state index contributed by atoms with van der Waals surface area (Å²) < 4.78 is 28.3. The number of esters is 1. The van der Waals surface area contributed by atoms with Gasteiger partial charge in [-0.2, -0.15) is 0 Å². The highest BCUT2D eigenvalue weighted by atomic mass is 31.2. The molecule has 1 aromatic rings. The zero-order valence-electron chi connectivity index (χ0n) is 13.2. The van der Waals surface area contributed by atoms with Crippen LogP contribution in [0.25, 0.3) is 0 Å². The van der Waals surface area contributed by atoms with E-state index in [2.05, 4.69) is 0 Å². The first kappa shape index (κ1) is 17.9. The molecule has 0 fully saturated rings. The van der Waals surface area contributed by atoms with Gasteiger partial charge in [-0.25, -0.2) is 4.79 Å². The molecule has 21 heavy (non-hydrogen) atoms. The smallest absolute Gasteiger partial charge is 0.361 e. The molecule has 0 radical (unpaired) electrons. The highest BCUT2D eigenvalue weighted by Gasteiger charge is 2.27. The van der Waals surface area contributed by atoms with Crippen molar-refractivity contribution in [2.24, 2.45) is 0 Å². The minimum absolute atomic E-state index is 0.283. The van der Waals surface area contributed by atoms with Crippen LogP contribution >= 0.6 is 7.60 Å². The molecule has 118 valence electrons. The fourth-order valence-corrected chi connectivity index (χ4v) is 3.21. The van der Waals surface area contributed by atoms with Crippen molar-refractivity contribution in [1.29, 1.82) is 0 Å². The number of carbonyl (C=O) groups excluding carboxylic acids is 1. The van der Waals surface area contributed by atoms with Crippen LogP contribution in [-0.4, -0.2) is 24.8 Å². The fourth-order valence-electron chi connectivity index (χ4n) is 1.64. The summed E-state index contributed by atoms with van der Waals surface area (Å²) in [5.74, 6) is -0.420. The first-order valence-electron chi connectivity index (χ1n) is 6.95. The third kappa shape index (κ3) is 5.27. The third-order valence-corrected chi connectivity index (χ3v) is 4.54. The second-order valence-corrected chi connectivity index (χ2v) is 7.41. The third-order valence-electron chi connectivity index (χ3n) is 2.42. The lowest BCUT2D eigenvalue weighted by atomic mass is 10.2. The molecule has 0 saturated heterocycles. The minimum Gasteiger partial charge on any atom is -0.456 e. The van der Waals surface area contributed by atoms with Gasteiger partial charge in [0.25, 0.3) is 0 Å². The minimum atomic E-state index is -3.31. The van der Waals surface area contributed by atoms with Crippen LogP contribution in [0.5, 0.6) is 0 Å². The van der Waals surface area contributed by atoms with Gasteiger partial charge in [-0.05, 0) is 58.9 Å². The molecule has 0 bridgehead atoms. The number of hydrogen-bond acceptors (Lipinski definition) is 5. The Morgan fingerprint density at radius 2 is 1.52 bits per heavy atom. The van der Waals surface area contributed by atoms with Gasteiger partial charge < -0.3 is 13.8 Å². The molecule has 6 heteroatoms. The highest BCUT2D eigenvalue weighted by Crippen LogP contribution is 2.46. The molecule has 1 aromatic carbocycles. The predicted octanol–water partition coefficient (Wildman–Crippen LogP) is 3.53.